The fourth-order valence-corrected chi connectivity index (χ4v) is 4.68. The van der Waals surface area contributed by atoms with E-state index < -0.39 is 65.2 Å². The number of hydrogen-bond acceptors (Lipinski definition) is 11. The normalized spacial score (nSPS) is 12.6. The smallest absolute Gasteiger partial charge is 0.330 e. The Morgan fingerprint density at radius 1 is 0.700 bits per heavy atom. The van der Waals surface area contributed by atoms with Crippen molar-refractivity contribution in [1.82, 2.24) is 4.90 Å². The maximum Gasteiger partial charge on any atom is 0.330 e. The van der Waals surface area contributed by atoms with E-state index in [4.69, 9.17) is 18.9 Å². The van der Waals surface area contributed by atoms with E-state index in [9.17, 15) is 29.4 Å². The Balaban J connectivity index is 5.14. The molecule has 0 aromatic heterocycles. The predicted molar refractivity (Wildman–Crippen MR) is 149 cm³/mol. The highest BCUT2D eigenvalue weighted by molar-refractivity contribution is 5.82. The first-order chi connectivity index (χ1) is 18.2. The molecule has 0 fully saturated rings. The molecule has 230 valence electrons. The van der Waals surface area contributed by atoms with Crippen LogP contribution in [0.4, 0.5) is 0 Å². The van der Waals surface area contributed by atoms with Crippen molar-refractivity contribution in [2.75, 3.05) is 39.5 Å². The molecule has 0 radical (unpaired) electrons. The van der Waals surface area contributed by atoms with Crippen LogP contribution in [0.25, 0.3) is 0 Å². The van der Waals surface area contributed by atoms with Crippen molar-refractivity contribution >= 4 is 23.9 Å². The van der Waals surface area contributed by atoms with Gasteiger partial charge in [0, 0.05) is 23.0 Å². The lowest BCUT2D eigenvalue weighted by Crippen LogP contribution is -2.47. The Morgan fingerprint density at radius 2 is 1.02 bits per heavy atom. The Hall–Kier alpha value is -2.76. The molecule has 0 atom stereocenters. The summed E-state index contributed by atoms with van der Waals surface area (Å²) < 4.78 is 21.6. The van der Waals surface area contributed by atoms with Gasteiger partial charge in [-0.1, -0.05) is 40.9 Å². The van der Waals surface area contributed by atoms with Crippen LogP contribution in [0.2, 0.25) is 0 Å². The standard InChI is InChI=1S/C29H49NO10/c1-11-22(33)39-28(7,8)17-26(3,4)19-37-24(35)13-30(21(15-31)16-32)14-25(36)38-20-27(5,6)18-29(9,10)40-23(34)12-2/h11-12,21,31-32H,1-2,13-20H2,3-10H3. The van der Waals surface area contributed by atoms with Crippen molar-refractivity contribution < 1.29 is 48.3 Å². The Labute approximate surface area is 238 Å². The minimum atomic E-state index is -0.893. The van der Waals surface area contributed by atoms with Crippen LogP contribution in [0.3, 0.4) is 0 Å². The van der Waals surface area contributed by atoms with Crippen molar-refractivity contribution in [2.45, 2.75) is 85.5 Å². The molecule has 0 rings (SSSR count). The average Bonchev–Trinajstić information content (AvgIpc) is 2.80. The fraction of sp³-hybridized carbons (Fsp3) is 0.724. The summed E-state index contributed by atoms with van der Waals surface area (Å²) in [7, 11) is 0. The van der Waals surface area contributed by atoms with Gasteiger partial charge in [-0.25, -0.2) is 9.59 Å². The molecule has 0 aromatic carbocycles. The molecule has 0 aliphatic rings. The summed E-state index contributed by atoms with van der Waals surface area (Å²) in [5, 5.41) is 19.4. The molecule has 0 bridgehead atoms. The maximum absolute atomic E-state index is 12.7. The Morgan fingerprint density at radius 3 is 1.30 bits per heavy atom. The molecule has 11 heteroatoms. The number of carbonyl (C=O) groups is 4. The van der Waals surface area contributed by atoms with Crippen LogP contribution in [-0.4, -0.2) is 95.8 Å². The van der Waals surface area contributed by atoms with Crippen LogP contribution in [0, 0.1) is 10.8 Å². The van der Waals surface area contributed by atoms with E-state index in [0.717, 1.165) is 12.2 Å². The summed E-state index contributed by atoms with van der Waals surface area (Å²) in [5.74, 6) is -2.44. The topological polar surface area (TPSA) is 149 Å². The number of aliphatic hydroxyl groups excluding tert-OH is 2. The van der Waals surface area contributed by atoms with E-state index >= 15 is 0 Å². The SMILES string of the molecule is C=CC(=O)OC(C)(C)CC(C)(C)COC(=O)CN(CC(=O)OCC(C)(C)CC(C)(C)OC(=O)C=C)C(CO)CO. The fourth-order valence-electron chi connectivity index (χ4n) is 4.68. The van der Waals surface area contributed by atoms with Crippen LogP contribution < -0.4 is 0 Å². The van der Waals surface area contributed by atoms with Gasteiger partial charge in [0.15, 0.2) is 0 Å². The lowest BCUT2D eigenvalue weighted by atomic mass is 9.82. The largest absolute Gasteiger partial charge is 0.464 e. The molecule has 0 unspecified atom stereocenters. The highest BCUT2D eigenvalue weighted by Gasteiger charge is 2.34. The van der Waals surface area contributed by atoms with Crippen LogP contribution >= 0.6 is 0 Å². The first kappa shape index (κ1) is 37.2. The average molecular weight is 572 g/mol. The summed E-state index contributed by atoms with van der Waals surface area (Å²) in [5.41, 5.74) is -2.77. The first-order valence-corrected chi connectivity index (χ1v) is 13.2. The molecule has 0 aliphatic heterocycles. The van der Waals surface area contributed by atoms with Gasteiger partial charge in [0.25, 0.3) is 0 Å². The highest BCUT2D eigenvalue weighted by Crippen LogP contribution is 2.32. The third-order valence-electron chi connectivity index (χ3n) is 5.75. The van der Waals surface area contributed by atoms with E-state index in [0.29, 0.717) is 12.8 Å². The summed E-state index contributed by atoms with van der Waals surface area (Å²) in [6, 6.07) is -0.893. The van der Waals surface area contributed by atoms with Crippen LogP contribution in [0.15, 0.2) is 25.3 Å². The first-order valence-electron chi connectivity index (χ1n) is 13.2. The zero-order valence-corrected chi connectivity index (χ0v) is 25.4. The molecule has 0 heterocycles. The molecule has 0 spiro atoms. The van der Waals surface area contributed by atoms with Crippen molar-refractivity contribution in [1.29, 1.82) is 0 Å². The second-order valence-corrected chi connectivity index (χ2v) is 12.7. The number of esters is 4. The van der Waals surface area contributed by atoms with Gasteiger partial charge in [-0.15, -0.1) is 0 Å². The lowest BCUT2D eigenvalue weighted by Gasteiger charge is -2.34. The van der Waals surface area contributed by atoms with Crippen molar-refractivity contribution in [3.05, 3.63) is 25.3 Å². The predicted octanol–water partition coefficient (Wildman–Crippen LogP) is 2.58. The summed E-state index contributed by atoms with van der Waals surface area (Å²) in [6.07, 6.45) is 2.93. The zero-order chi connectivity index (χ0) is 31.4. The molecule has 0 saturated carbocycles. The quantitative estimate of drug-likeness (QED) is 0.134. The second kappa shape index (κ2) is 15.9. The number of carbonyl (C=O) groups excluding carboxylic acids is 4. The zero-order valence-electron chi connectivity index (χ0n) is 25.4. The van der Waals surface area contributed by atoms with Gasteiger partial charge in [-0.05, 0) is 40.5 Å². The Bertz CT molecular complexity index is 821. The van der Waals surface area contributed by atoms with Crippen LogP contribution in [0.1, 0.15) is 68.2 Å². The Kier molecular flexibility index (Phi) is 14.8. The minimum absolute atomic E-state index is 0.00249. The van der Waals surface area contributed by atoms with Crippen molar-refractivity contribution in [2.24, 2.45) is 10.8 Å². The van der Waals surface area contributed by atoms with E-state index in [1.54, 1.807) is 27.7 Å². The number of aliphatic hydroxyl groups is 2. The highest BCUT2D eigenvalue weighted by atomic mass is 16.6. The molecule has 0 aromatic rings. The molecule has 11 nitrogen and oxygen atoms in total. The molecule has 40 heavy (non-hydrogen) atoms. The molecule has 0 amide bonds. The van der Waals surface area contributed by atoms with Gasteiger partial charge in [0.1, 0.15) is 11.2 Å². The summed E-state index contributed by atoms with van der Waals surface area (Å²) in [6.45, 7) is 19.4. The number of hydrogen-bond donors (Lipinski definition) is 2. The third-order valence-corrected chi connectivity index (χ3v) is 5.75. The van der Waals surface area contributed by atoms with E-state index in [1.807, 2.05) is 27.7 Å². The maximum atomic E-state index is 12.7. The number of rotatable bonds is 19. The minimum Gasteiger partial charge on any atom is -0.464 e. The lowest BCUT2D eigenvalue weighted by molar-refractivity contribution is -0.160. The van der Waals surface area contributed by atoms with Crippen molar-refractivity contribution in [3.8, 4) is 0 Å². The molecule has 0 aliphatic carbocycles. The van der Waals surface area contributed by atoms with Gasteiger partial charge in [0.05, 0.1) is 45.6 Å². The van der Waals surface area contributed by atoms with Gasteiger partial charge in [-0.2, -0.15) is 0 Å². The summed E-state index contributed by atoms with van der Waals surface area (Å²) >= 11 is 0. The molecule has 2 N–H and O–H groups in total. The van der Waals surface area contributed by atoms with Crippen LogP contribution in [0.5, 0.6) is 0 Å². The van der Waals surface area contributed by atoms with Gasteiger partial charge in [-0.3, -0.25) is 14.5 Å². The van der Waals surface area contributed by atoms with Crippen molar-refractivity contribution in [3.63, 3.8) is 0 Å². The molecular formula is C29H49NO10. The van der Waals surface area contributed by atoms with Gasteiger partial charge in [0.2, 0.25) is 0 Å². The number of ether oxygens (including phenoxy) is 4. The summed E-state index contributed by atoms with van der Waals surface area (Å²) in [4.78, 5) is 49.8. The van der Waals surface area contributed by atoms with E-state index in [-0.39, 0.29) is 26.3 Å². The van der Waals surface area contributed by atoms with Gasteiger partial charge >= 0.3 is 23.9 Å². The number of nitrogens with zero attached hydrogens (tertiary/aromatic N) is 1. The van der Waals surface area contributed by atoms with Crippen LogP contribution in [-0.2, 0) is 38.1 Å². The second-order valence-electron chi connectivity index (χ2n) is 12.7. The van der Waals surface area contributed by atoms with E-state index in [2.05, 4.69) is 13.2 Å². The third kappa shape index (κ3) is 15.7. The monoisotopic (exact) mass is 571 g/mol. The molecular weight excluding hydrogens is 522 g/mol. The molecule has 0 saturated heterocycles. The van der Waals surface area contributed by atoms with Gasteiger partial charge < -0.3 is 29.2 Å². The van der Waals surface area contributed by atoms with E-state index in [1.165, 1.54) is 4.90 Å².